The molecule has 21 heavy (non-hydrogen) atoms. The van der Waals surface area contributed by atoms with E-state index in [9.17, 15) is 4.79 Å². The maximum Gasteiger partial charge on any atom is 0.263 e. The van der Waals surface area contributed by atoms with Crippen LogP contribution in [0.2, 0.25) is 0 Å². The molecular formula is C14H12N4OS2. The summed E-state index contributed by atoms with van der Waals surface area (Å²) in [7, 11) is 3.87. The standard InChI is InChI=1S/C14H12N4OS2/c1-18(2)12-9-5-8(3-4-10(9)15-7-16-12)6-11-13(19)17-14(20)21-11/h3-7H,1-2H3,(H,17,19,20)/b11-6+. The van der Waals surface area contributed by atoms with Crippen LogP contribution in [0.5, 0.6) is 0 Å². The Morgan fingerprint density at radius 1 is 1.33 bits per heavy atom. The van der Waals surface area contributed by atoms with E-state index >= 15 is 0 Å². The van der Waals surface area contributed by atoms with Crippen LogP contribution in [0.25, 0.3) is 17.0 Å². The highest BCUT2D eigenvalue weighted by Crippen LogP contribution is 2.28. The minimum atomic E-state index is -0.151. The van der Waals surface area contributed by atoms with Gasteiger partial charge in [-0.3, -0.25) is 4.79 Å². The van der Waals surface area contributed by atoms with Crippen LogP contribution in [-0.2, 0) is 4.79 Å². The molecule has 1 fully saturated rings. The molecule has 1 saturated heterocycles. The van der Waals surface area contributed by atoms with E-state index in [1.54, 1.807) is 6.33 Å². The Labute approximate surface area is 131 Å². The van der Waals surface area contributed by atoms with E-state index in [0.717, 1.165) is 22.3 Å². The molecule has 0 bridgehead atoms. The van der Waals surface area contributed by atoms with Crippen LogP contribution in [-0.4, -0.2) is 34.3 Å². The zero-order valence-corrected chi connectivity index (χ0v) is 13.1. The summed E-state index contributed by atoms with van der Waals surface area (Å²) in [6.07, 6.45) is 3.37. The number of carbonyl (C=O) groups is 1. The van der Waals surface area contributed by atoms with E-state index in [4.69, 9.17) is 12.2 Å². The lowest BCUT2D eigenvalue weighted by atomic mass is 10.1. The zero-order valence-electron chi connectivity index (χ0n) is 11.5. The van der Waals surface area contributed by atoms with Crippen molar-refractivity contribution in [3.63, 3.8) is 0 Å². The molecule has 3 rings (SSSR count). The first-order valence-corrected chi connectivity index (χ1v) is 7.44. The molecule has 1 aliphatic rings. The van der Waals surface area contributed by atoms with Gasteiger partial charge in [0.2, 0.25) is 0 Å². The summed E-state index contributed by atoms with van der Waals surface area (Å²) in [5.74, 6) is 0.696. The maximum atomic E-state index is 11.7. The van der Waals surface area contributed by atoms with Gasteiger partial charge in [-0.1, -0.05) is 30.0 Å². The molecule has 0 saturated carbocycles. The van der Waals surface area contributed by atoms with E-state index in [2.05, 4.69) is 15.3 Å². The number of anilines is 1. The molecule has 1 aliphatic heterocycles. The lowest BCUT2D eigenvalue weighted by Crippen LogP contribution is -2.17. The molecule has 1 amide bonds. The van der Waals surface area contributed by atoms with Gasteiger partial charge < -0.3 is 10.2 Å². The van der Waals surface area contributed by atoms with Gasteiger partial charge in [0.1, 0.15) is 16.5 Å². The summed E-state index contributed by atoms with van der Waals surface area (Å²) in [4.78, 5) is 22.8. The number of benzene rings is 1. The molecule has 106 valence electrons. The van der Waals surface area contributed by atoms with Gasteiger partial charge in [-0.2, -0.15) is 0 Å². The number of fused-ring (bicyclic) bond motifs is 1. The Kier molecular flexibility index (Phi) is 3.60. The second-order valence-corrected chi connectivity index (χ2v) is 6.44. The van der Waals surface area contributed by atoms with Gasteiger partial charge in [-0.25, -0.2) is 9.97 Å². The predicted octanol–water partition coefficient (Wildman–Crippen LogP) is 2.18. The van der Waals surface area contributed by atoms with E-state index in [1.165, 1.54) is 11.8 Å². The summed E-state index contributed by atoms with van der Waals surface area (Å²) in [5.41, 5.74) is 1.79. The van der Waals surface area contributed by atoms with Crippen LogP contribution < -0.4 is 10.2 Å². The smallest absolute Gasteiger partial charge is 0.263 e. The summed E-state index contributed by atoms with van der Waals surface area (Å²) < 4.78 is 0.490. The molecule has 1 aromatic heterocycles. The van der Waals surface area contributed by atoms with Crippen molar-refractivity contribution in [2.75, 3.05) is 19.0 Å². The van der Waals surface area contributed by atoms with Crippen LogP contribution in [0.4, 0.5) is 5.82 Å². The maximum absolute atomic E-state index is 11.7. The molecule has 2 heterocycles. The first-order chi connectivity index (χ1) is 10.0. The van der Waals surface area contributed by atoms with Gasteiger partial charge in [0.15, 0.2) is 0 Å². The van der Waals surface area contributed by atoms with Gasteiger partial charge in [-0.05, 0) is 23.8 Å². The normalized spacial score (nSPS) is 16.6. The number of nitrogens with one attached hydrogen (secondary N) is 1. The number of thiocarbonyl (C=S) groups is 1. The SMILES string of the molecule is CN(C)c1ncnc2ccc(/C=C3/SC(=S)NC3=O)cc12. The van der Waals surface area contributed by atoms with Gasteiger partial charge in [0, 0.05) is 19.5 Å². The predicted molar refractivity (Wildman–Crippen MR) is 90.2 cm³/mol. The van der Waals surface area contributed by atoms with Crippen LogP contribution in [0.3, 0.4) is 0 Å². The molecule has 1 aromatic carbocycles. The molecule has 7 heteroatoms. The number of hydrogen-bond acceptors (Lipinski definition) is 6. The first kappa shape index (κ1) is 14.0. The minimum absolute atomic E-state index is 0.151. The highest BCUT2D eigenvalue weighted by Gasteiger charge is 2.22. The quantitative estimate of drug-likeness (QED) is 0.677. The molecule has 0 unspecified atom stereocenters. The summed E-state index contributed by atoms with van der Waals surface area (Å²) >= 11 is 6.26. The van der Waals surface area contributed by atoms with Crippen molar-refractivity contribution in [1.29, 1.82) is 0 Å². The summed E-state index contributed by atoms with van der Waals surface area (Å²) in [5, 5.41) is 3.56. The Balaban J connectivity index is 2.09. The number of amides is 1. The highest BCUT2D eigenvalue weighted by molar-refractivity contribution is 8.26. The fourth-order valence-corrected chi connectivity index (χ4v) is 3.12. The van der Waals surface area contributed by atoms with Crippen LogP contribution in [0, 0.1) is 0 Å². The van der Waals surface area contributed by atoms with Crippen LogP contribution >= 0.6 is 24.0 Å². The van der Waals surface area contributed by atoms with Crippen molar-refractivity contribution >= 4 is 57.0 Å². The highest BCUT2D eigenvalue weighted by atomic mass is 32.2. The lowest BCUT2D eigenvalue weighted by Gasteiger charge is -2.13. The molecule has 0 atom stereocenters. The molecule has 0 aliphatic carbocycles. The van der Waals surface area contributed by atoms with Crippen molar-refractivity contribution in [2.45, 2.75) is 0 Å². The number of hydrogen-bond donors (Lipinski definition) is 1. The van der Waals surface area contributed by atoms with E-state index in [1.807, 2.05) is 43.3 Å². The van der Waals surface area contributed by atoms with E-state index in [-0.39, 0.29) is 5.91 Å². The monoisotopic (exact) mass is 316 g/mol. The largest absolute Gasteiger partial charge is 0.362 e. The van der Waals surface area contributed by atoms with Crippen molar-refractivity contribution in [1.82, 2.24) is 15.3 Å². The number of rotatable bonds is 2. The Morgan fingerprint density at radius 2 is 2.14 bits per heavy atom. The zero-order chi connectivity index (χ0) is 15.0. The van der Waals surface area contributed by atoms with Crippen LogP contribution in [0.1, 0.15) is 5.56 Å². The van der Waals surface area contributed by atoms with E-state index in [0.29, 0.717) is 9.23 Å². The molecule has 1 N–H and O–H groups in total. The van der Waals surface area contributed by atoms with E-state index < -0.39 is 0 Å². The average molecular weight is 316 g/mol. The first-order valence-electron chi connectivity index (χ1n) is 6.21. The topological polar surface area (TPSA) is 58.1 Å². The van der Waals surface area contributed by atoms with Gasteiger partial charge in [-0.15, -0.1) is 0 Å². The van der Waals surface area contributed by atoms with Crippen molar-refractivity contribution in [2.24, 2.45) is 0 Å². The Bertz CT molecular complexity index is 786. The Morgan fingerprint density at radius 3 is 2.81 bits per heavy atom. The van der Waals surface area contributed by atoms with Crippen molar-refractivity contribution in [3.8, 4) is 0 Å². The summed E-state index contributed by atoms with van der Waals surface area (Å²) in [6, 6.07) is 5.83. The second-order valence-electron chi connectivity index (χ2n) is 4.72. The second kappa shape index (κ2) is 5.42. The molecule has 5 nitrogen and oxygen atoms in total. The van der Waals surface area contributed by atoms with Crippen molar-refractivity contribution < 1.29 is 4.79 Å². The lowest BCUT2D eigenvalue weighted by molar-refractivity contribution is -0.115. The number of carbonyl (C=O) groups excluding carboxylic acids is 1. The van der Waals surface area contributed by atoms with Gasteiger partial charge in [0.05, 0.1) is 10.4 Å². The average Bonchev–Trinajstić information content (AvgIpc) is 2.76. The van der Waals surface area contributed by atoms with Gasteiger partial charge in [0.25, 0.3) is 5.91 Å². The molecule has 0 radical (unpaired) electrons. The van der Waals surface area contributed by atoms with Crippen LogP contribution in [0.15, 0.2) is 29.4 Å². The molecule has 0 spiro atoms. The third-order valence-corrected chi connectivity index (χ3v) is 4.16. The van der Waals surface area contributed by atoms with Gasteiger partial charge >= 0.3 is 0 Å². The fraction of sp³-hybridized carbons (Fsp3) is 0.143. The summed E-state index contributed by atoms with van der Waals surface area (Å²) in [6.45, 7) is 0. The number of aromatic nitrogens is 2. The number of thioether (sulfide) groups is 1. The molecule has 2 aromatic rings. The molecular weight excluding hydrogens is 304 g/mol. The Hall–Kier alpha value is -1.99. The van der Waals surface area contributed by atoms with Crippen molar-refractivity contribution in [3.05, 3.63) is 35.0 Å². The third-order valence-electron chi connectivity index (χ3n) is 3.00. The fourth-order valence-electron chi connectivity index (χ4n) is 2.08. The minimum Gasteiger partial charge on any atom is -0.362 e. The third kappa shape index (κ3) is 2.74. The number of nitrogens with zero attached hydrogens (tertiary/aromatic N) is 3.